The summed E-state index contributed by atoms with van der Waals surface area (Å²) in [6.45, 7) is 1.47. The second-order valence-corrected chi connectivity index (χ2v) is 5.65. The minimum atomic E-state index is -0.793. The minimum Gasteiger partial charge on any atom is -0.312 e. The van der Waals surface area contributed by atoms with Crippen molar-refractivity contribution in [3.63, 3.8) is 0 Å². The fourth-order valence-electron chi connectivity index (χ4n) is 2.81. The van der Waals surface area contributed by atoms with Gasteiger partial charge in [0.1, 0.15) is 0 Å². The fourth-order valence-corrected chi connectivity index (χ4v) is 3.21. The molecule has 0 saturated heterocycles. The molecule has 1 aromatic carbocycles. The molecule has 1 saturated carbocycles. The van der Waals surface area contributed by atoms with Crippen LogP contribution in [0.1, 0.15) is 31.2 Å². The first-order chi connectivity index (χ1) is 9.20. The van der Waals surface area contributed by atoms with Crippen molar-refractivity contribution < 1.29 is 8.78 Å². The second-order valence-electron chi connectivity index (χ2n) is 5.34. The Labute approximate surface area is 118 Å². The molecule has 0 spiro atoms. The van der Waals surface area contributed by atoms with Crippen molar-refractivity contribution in [1.29, 1.82) is 0 Å². The Morgan fingerprint density at radius 3 is 2.53 bits per heavy atom. The summed E-state index contributed by atoms with van der Waals surface area (Å²) >= 11 is 5.99. The maximum atomic E-state index is 13.1. The highest BCUT2D eigenvalue weighted by molar-refractivity contribution is 6.18. The van der Waals surface area contributed by atoms with E-state index in [9.17, 15) is 8.78 Å². The highest BCUT2D eigenvalue weighted by atomic mass is 35.5. The molecule has 1 aliphatic carbocycles. The monoisotopic (exact) mass is 287 g/mol. The molecule has 2 unspecified atom stereocenters. The number of halogens is 3. The molecule has 0 heterocycles. The quantitative estimate of drug-likeness (QED) is 0.804. The third kappa shape index (κ3) is 4.15. The van der Waals surface area contributed by atoms with E-state index >= 15 is 0 Å². The maximum absolute atomic E-state index is 13.1. The van der Waals surface area contributed by atoms with Crippen LogP contribution in [-0.2, 0) is 6.54 Å². The van der Waals surface area contributed by atoms with Crippen LogP contribution >= 0.6 is 11.6 Å². The average molecular weight is 288 g/mol. The third-order valence-corrected chi connectivity index (χ3v) is 4.38. The van der Waals surface area contributed by atoms with Crippen LogP contribution in [-0.4, -0.2) is 12.4 Å². The van der Waals surface area contributed by atoms with Crippen molar-refractivity contribution in [1.82, 2.24) is 5.32 Å². The van der Waals surface area contributed by atoms with E-state index in [2.05, 4.69) is 5.32 Å². The second kappa shape index (κ2) is 7.20. The van der Waals surface area contributed by atoms with Crippen LogP contribution in [0.25, 0.3) is 0 Å². The maximum Gasteiger partial charge on any atom is 0.159 e. The molecule has 1 N–H and O–H groups in total. The molecule has 1 fully saturated rings. The predicted octanol–water partition coefficient (Wildman–Crippen LogP) is 4.10. The number of rotatable bonds is 5. The molecule has 19 heavy (non-hydrogen) atoms. The number of alkyl halides is 1. The van der Waals surface area contributed by atoms with E-state index in [4.69, 9.17) is 11.6 Å². The molecule has 2 atom stereocenters. The van der Waals surface area contributed by atoms with Crippen molar-refractivity contribution in [2.24, 2.45) is 11.8 Å². The molecule has 0 amide bonds. The van der Waals surface area contributed by atoms with Crippen LogP contribution < -0.4 is 5.32 Å². The van der Waals surface area contributed by atoms with Crippen molar-refractivity contribution in [2.75, 3.05) is 12.4 Å². The largest absolute Gasteiger partial charge is 0.312 e. The highest BCUT2D eigenvalue weighted by Crippen LogP contribution is 2.30. The van der Waals surface area contributed by atoms with E-state index in [0.29, 0.717) is 18.4 Å². The SMILES string of the molecule is Fc1ccc(CNCC2CCCCC2CCl)cc1F. The average Bonchev–Trinajstić information content (AvgIpc) is 2.43. The Balaban J connectivity index is 1.80. The lowest BCUT2D eigenvalue weighted by Crippen LogP contribution is -2.31. The fraction of sp³-hybridized carbons (Fsp3) is 0.600. The van der Waals surface area contributed by atoms with Crippen molar-refractivity contribution in [2.45, 2.75) is 32.2 Å². The van der Waals surface area contributed by atoms with Gasteiger partial charge in [-0.25, -0.2) is 8.78 Å². The van der Waals surface area contributed by atoms with E-state index in [1.807, 2.05) is 0 Å². The number of benzene rings is 1. The zero-order chi connectivity index (χ0) is 13.7. The third-order valence-electron chi connectivity index (χ3n) is 3.98. The molecular formula is C15H20ClF2N. The van der Waals surface area contributed by atoms with E-state index in [1.54, 1.807) is 6.07 Å². The Kier molecular flexibility index (Phi) is 5.59. The molecule has 0 aliphatic heterocycles. The van der Waals surface area contributed by atoms with Crippen LogP contribution in [0.4, 0.5) is 8.78 Å². The lowest BCUT2D eigenvalue weighted by Gasteiger charge is -2.30. The minimum absolute atomic E-state index is 0.572. The molecule has 2 rings (SSSR count). The van der Waals surface area contributed by atoms with Crippen LogP contribution in [0, 0.1) is 23.5 Å². The smallest absolute Gasteiger partial charge is 0.159 e. The first-order valence-corrected chi connectivity index (χ1v) is 7.44. The Morgan fingerprint density at radius 2 is 1.84 bits per heavy atom. The van der Waals surface area contributed by atoms with Gasteiger partial charge in [-0.15, -0.1) is 11.6 Å². The van der Waals surface area contributed by atoms with Gasteiger partial charge in [0, 0.05) is 12.4 Å². The molecule has 1 aliphatic rings. The normalized spacial score (nSPS) is 23.5. The lowest BCUT2D eigenvalue weighted by molar-refractivity contribution is 0.250. The van der Waals surface area contributed by atoms with E-state index in [-0.39, 0.29) is 0 Å². The first-order valence-electron chi connectivity index (χ1n) is 6.91. The summed E-state index contributed by atoms with van der Waals surface area (Å²) in [5.74, 6) is 0.343. The molecule has 0 aromatic heterocycles. The van der Waals surface area contributed by atoms with Gasteiger partial charge in [0.05, 0.1) is 0 Å². The molecule has 106 valence electrons. The zero-order valence-corrected chi connectivity index (χ0v) is 11.7. The van der Waals surface area contributed by atoms with Gasteiger partial charge >= 0.3 is 0 Å². The van der Waals surface area contributed by atoms with Gasteiger partial charge in [0.15, 0.2) is 11.6 Å². The van der Waals surface area contributed by atoms with Crippen LogP contribution in [0.15, 0.2) is 18.2 Å². The first kappa shape index (κ1) is 14.7. The summed E-state index contributed by atoms with van der Waals surface area (Å²) in [6.07, 6.45) is 4.96. The summed E-state index contributed by atoms with van der Waals surface area (Å²) in [6, 6.07) is 4.04. The van der Waals surface area contributed by atoms with Gasteiger partial charge in [-0.05, 0) is 48.9 Å². The van der Waals surface area contributed by atoms with E-state index < -0.39 is 11.6 Å². The number of hydrogen-bond donors (Lipinski definition) is 1. The molecule has 0 bridgehead atoms. The number of hydrogen-bond acceptors (Lipinski definition) is 1. The Bertz CT molecular complexity index is 411. The molecule has 1 nitrogen and oxygen atoms in total. The van der Waals surface area contributed by atoms with Gasteiger partial charge in [-0.2, -0.15) is 0 Å². The summed E-state index contributed by atoms with van der Waals surface area (Å²) < 4.78 is 25.9. The molecule has 1 aromatic rings. The molecule has 4 heteroatoms. The van der Waals surface area contributed by atoms with Crippen molar-refractivity contribution in [3.8, 4) is 0 Å². The van der Waals surface area contributed by atoms with Crippen molar-refractivity contribution >= 4 is 11.6 Å². The van der Waals surface area contributed by atoms with E-state index in [0.717, 1.165) is 18.0 Å². The molecular weight excluding hydrogens is 268 g/mol. The summed E-state index contributed by atoms with van der Waals surface area (Å²) in [4.78, 5) is 0. The van der Waals surface area contributed by atoms with Gasteiger partial charge in [-0.1, -0.05) is 18.9 Å². The van der Waals surface area contributed by atoms with Gasteiger partial charge < -0.3 is 5.32 Å². The van der Waals surface area contributed by atoms with Crippen LogP contribution in [0.5, 0.6) is 0 Å². The zero-order valence-electron chi connectivity index (χ0n) is 11.0. The van der Waals surface area contributed by atoms with E-state index in [1.165, 1.54) is 37.8 Å². The molecule has 0 radical (unpaired) electrons. The van der Waals surface area contributed by atoms with Crippen LogP contribution in [0.2, 0.25) is 0 Å². The van der Waals surface area contributed by atoms with Crippen molar-refractivity contribution in [3.05, 3.63) is 35.4 Å². The highest BCUT2D eigenvalue weighted by Gasteiger charge is 2.23. The summed E-state index contributed by atoms with van der Waals surface area (Å²) in [7, 11) is 0. The lowest BCUT2D eigenvalue weighted by atomic mass is 9.80. The van der Waals surface area contributed by atoms with Gasteiger partial charge in [0.25, 0.3) is 0 Å². The summed E-state index contributed by atoms with van der Waals surface area (Å²) in [5, 5.41) is 3.33. The summed E-state index contributed by atoms with van der Waals surface area (Å²) in [5.41, 5.74) is 0.775. The number of nitrogens with one attached hydrogen (secondary N) is 1. The predicted molar refractivity (Wildman–Crippen MR) is 74.2 cm³/mol. The van der Waals surface area contributed by atoms with Crippen LogP contribution in [0.3, 0.4) is 0 Å². The van der Waals surface area contributed by atoms with Gasteiger partial charge in [-0.3, -0.25) is 0 Å². The standard InChI is InChI=1S/C15H20ClF2N/c16-8-12-3-1-2-4-13(12)10-19-9-11-5-6-14(17)15(18)7-11/h5-7,12-13,19H,1-4,8-10H2. The van der Waals surface area contributed by atoms with Gasteiger partial charge in [0.2, 0.25) is 0 Å². The Hall–Kier alpha value is -0.670. The Morgan fingerprint density at radius 1 is 1.11 bits per heavy atom. The topological polar surface area (TPSA) is 12.0 Å².